The molecule has 5 rings (SSSR count). The molecule has 0 saturated carbocycles. The highest BCUT2D eigenvalue weighted by Crippen LogP contribution is 2.44. The predicted molar refractivity (Wildman–Crippen MR) is 133 cm³/mol. The van der Waals surface area contributed by atoms with Crippen LogP contribution in [0.2, 0.25) is 0 Å². The number of aliphatic hydroxyl groups is 1. The lowest BCUT2D eigenvalue weighted by Gasteiger charge is -2.26. The van der Waals surface area contributed by atoms with Crippen molar-refractivity contribution >= 4 is 29.1 Å². The van der Waals surface area contributed by atoms with Gasteiger partial charge >= 0.3 is 5.97 Å². The zero-order chi connectivity index (χ0) is 26.1. The second kappa shape index (κ2) is 9.69. The average molecular weight is 501 g/mol. The second-order valence-electron chi connectivity index (χ2n) is 8.43. The Bertz CT molecular complexity index is 1430. The standard InChI is InChI=1S/C28H23NO8/c1-34-20-5-3-4-17(13-20)25-24(26(31)18-8-11-21-22(14-18)37-15-36-21)27(32)28(33)29(25)19-9-6-16(7-10-19)12-23(30)35-2/h3-11,13-14,25,31H,12,15H2,1-2H3/b26-24-. The molecule has 188 valence electrons. The number of benzene rings is 3. The molecule has 0 aliphatic carbocycles. The maximum Gasteiger partial charge on any atom is 0.309 e. The summed E-state index contributed by atoms with van der Waals surface area (Å²) in [5, 5.41) is 11.3. The van der Waals surface area contributed by atoms with E-state index in [0.717, 1.165) is 0 Å². The van der Waals surface area contributed by atoms with Gasteiger partial charge in [-0.05, 0) is 53.6 Å². The number of fused-ring (bicyclic) bond motifs is 1. The van der Waals surface area contributed by atoms with E-state index in [1.54, 1.807) is 66.7 Å². The van der Waals surface area contributed by atoms with Gasteiger partial charge in [-0.2, -0.15) is 0 Å². The first kappa shape index (κ1) is 23.9. The minimum Gasteiger partial charge on any atom is -0.507 e. The van der Waals surface area contributed by atoms with E-state index in [-0.39, 0.29) is 24.5 Å². The molecule has 9 heteroatoms. The number of carbonyl (C=O) groups excluding carboxylic acids is 3. The number of ketones is 1. The number of anilines is 1. The van der Waals surface area contributed by atoms with Crippen LogP contribution in [0.3, 0.4) is 0 Å². The number of esters is 1. The van der Waals surface area contributed by atoms with Gasteiger partial charge in [-0.15, -0.1) is 0 Å². The van der Waals surface area contributed by atoms with Gasteiger partial charge in [0.05, 0.1) is 32.3 Å². The van der Waals surface area contributed by atoms with Crippen molar-refractivity contribution in [1.82, 2.24) is 0 Å². The maximum absolute atomic E-state index is 13.4. The summed E-state index contributed by atoms with van der Waals surface area (Å²) in [4.78, 5) is 39.7. The number of ether oxygens (including phenoxy) is 4. The molecule has 1 fully saturated rings. The van der Waals surface area contributed by atoms with Crippen molar-refractivity contribution in [3.63, 3.8) is 0 Å². The lowest BCUT2D eigenvalue weighted by molar-refractivity contribution is -0.139. The van der Waals surface area contributed by atoms with Gasteiger partial charge < -0.3 is 24.1 Å². The molecule has 9 nitrogen and oxygen atoms in total. The molecule has 3 aromatic rings. The minimum atomic E-state index is -0.938. The first-order chi connectivity index (χ1) is 17.9. The van der Waals surface area contributed by atoms with Crippen molar-refractivity contribution in [2.24, 2.45) is 0 Å². The van der Waals surface area contributed by atoms with Crippen LogP contribution >= 0.6 is 0 Å². The largest absolute Gasteiger partial charge is 0.507 e. The molecule has 1 N–H and O–H groups in total. The molecule has 1 amide bonds. The monoisotopic (exact) mass is 501 g/mol. The molecule has 1 atom stereocenters. The summed E-state index contributed by atoms with van der Waals surface area (Å²) >= 11 is 0. The lowest BCUT2D eigenvalue weighted by atomic mass is 9.94. The van der Waals surface area contributed by atoms with Crippen LogP contribution in [-0.4, -0.2) is 43.8 Å². The molecule has 2 heterocycles. The Balaban J connectivity index is 1.63. The zero-order valence-corrected chi connectivity index (χ0v) is 20.1. The van der Waals surface area contributed by atoms with E-state index in [0.29, 0.717) is 39.6 Å². The Labute approximate surface area is 212 Å². The van der Waals surface area contributed by atoms with Crippen LogP contribution in [-0.2, 0) is 25.5 Å². The lowest BCUT2D eigenvalue weighted by Crippen LogP contribution is -2.29. The van der Waals surface area contributed by atoms with Gasteiger partial charge in [0.25, 0.3) is 11.7 Å². The van der Waals surface area contributed by atoms with Crippen LogP contribution in [0.25, 0.3) is 5.76 Å². The Kier molecular flexibility index (Phi) is 6.27. The molecular weight excluding hydrogens is 478 g/mol. The number of aliphatic hydroxyl groups excluding tert-OH is 1. The molecule has 37 heavy (non-hydrogen) atoms. The van der Waals surface area contributed by atoms with Crippen LogP contribution in [0.4, 0.5) is 5.69 Å². The van der Waals surface area contributed by atoms with E-state index in [2.05, 4.69) is 0 Å². The highest BCUT2D eigenvalue weighted by molar-refractivity contribution is 6.51. The van der Waals surface area contributed by atoms with Crippen LogP contribution in [0.5, 0.6) is 17.2 Å². The Morgan fingerprint density at radius 2 is 1.76 bits per heavy atom. The van der Waals surface area contributed by atoms with Crippen LogP contribution in [0, 0.1) is 0 Å². The van der Waals surface area contributed by atoms with Crippen molar-refractivity contribution in [2.45, 2.75) is 12.5 Å². The number of rotatable bonds is 6. The molecule has 0 spiro atoms. The Hall–Kier alpha value is -4.79. The van der Waals surface area contributed by atoms with Crippen LogP contribution in [0.15, 0.2) is 72.3 Å². The van der Waals surface area contributed by atoms with Crippen molar-refractivity contribution in [3.8, 4) is 17.2 Å². The summed E-state index contributed by atoms with van der Waals surface area (Å²) in [7, 11) is 2.83. The third kappa shape index (κ3) is 4.35. The van der Waals surface area contributed by atoms with E-state index >= 15 is 0 Å². The van der Waals surface area contributed by atoms with Gasteiger partial charge in [0.2, 0.25) is 6.79 Å². The smallest absolute Gasteiger partial charge is 0.309 e. The van der Waals surface area contributed by atoms with E-state index in [4.69, 9.17) is 18.9 Å². The topological polar surface area (TPSA) is 112 Å². The number of hydrogen-bond acceptors (Lipinski definition) is 8. The van der Waals surface area contributed by atoms with Gasteiger partial charge in [0, 0.05) is 11.3 Å². The summed E-state index contributed by atoms with van der Waals surface area (Å²) < 4.78 is 20.8. The van der Waals surface area contributed by atoms with Crippen molar-refractivity contribution < 1.29 is 38.4 Å². The normalized spacial score (nSPS) is 17.7. The van der Waals surface area contributed by atoms with Gasteiger partial charge in [-0.1, -0.05) is 24.3 Å². The van der Waals surface area contributed by atoms with E-state index in [1.807, 2.05) is 0 Å². The van der Waals surface area contributed by atoms with Crippen LogP contribution in [0.1, 0.15) is 22.7 Å². The second-order valence-corrected chi connectivity index (χ2v) is 8.43. The summed E-state index contributed by atoms with van der Waals surface area (Å²) in [6.07, 6.45) is 0.0685. The molecule has 0 bridgehead atoms. The maximum atomic E-state index is 13.4. The van der Waals surface area contributed by atoms with E-state index in [1.165, 1.54) is 19.1 Å². The summed E-state index contributed by atoms with van der Waals surface area (Å²) in [5.41, 5.74) is 1.91. The first-order valence-corrected chi connectivity index (χ1v) is 11.4. The average Bonchev–Trinajstić information content (AvgIpc) is 3.50. The molecule has 0 radical (unpaired) electrons. The summed E-state index contributed by atoms with van der Waals surface area (Å²) in [6, 6.07) is 17.5. The molecule has 2 aliphatic heterocycles. The number of hydrogen-bond donors (Lipinski definition) is 1. The molecule has 3 aromatic carbocycles. The number of methoxy groups -OCH3 is 2. The Morgan fingerprint density at radius 3 is 2.49 bits per heavy atom. The summed E-state index contributed by atoms with van der Waals surface area (Å²) in [5.74, 6) is -0.884. The van der Waals surface area contributed by atoms with Crippen LogP contribution < -0.4 is 19.1 Å². The van der Waals surface area contributed by atoms with E-state index < -0.39 is 23.7 Å². The molecule has 1 saturated heterocycles. The van der Waals surface area contributed by atoms with Crippen molar-refractivity contribution in [2.75, 3.05) is 25.9 Å². The number of nitrogens with zero attached hydrogens (tertiary/aromatic N) is 1. The zero-order valence-electron chi connectivity index (χ0n) is 20.1. The Morgan fingerprint density at radius 1 is 1.00 bits per heavy atom. The van der Waals surface area contributed by atoms with Gasteiger partial charge in [-0.3, -0.25) is 19.3 Å². The molecule has 0 aromatic heterocycles. The van der Waals surface area contributed by atoms with Gasteiger partial charge in [0.15, 0.2) is 11.5 Å². The van der Waals surface area contributed by atoms with Crippen molar-refractivity contribution in [1.29, 1.82) is 0 Å². The fourth-order valence-corrected chi connectivity index (χ4v) is 4.44. The highest BCUT2D eigenvalue weighted by Gasteiger charge is 2.47. The fraction of sp³-hybridized carbons (Fsp3) is 0.179. The van der Waals surface area contributed by atoms with Crippen molar-refractivity contribution in [3.05, 3.63) is 89.0 Å². The quantitative estimate of drug-likeness (QED) is 0.235. The third-order valence-corrected chi connectivity index (χ3v) is 6.29. The minimum absolute atomic E-state index is 0.0553. The fourth-order valence-electron chi connectivity index (χ4n) is 4.44. The van der Waals surface area contributed by atoms with Gasteiger partial charge in [-0.25, -0.2) is 0 Å². The van der Waals surface area contributed by atoms with E-state index in [9.17, 15) is 19.5 Å². The molecule has 2 aliphatic rings. The molecule has 1 unspecified atom stereocenters. The molecular formula is C28H23NO8. The highest BCUT2D eigenvalue weighted by atomic mass is 16.7. The predicted octanol–water partition coefficient (Wildman–Crippen LogP) is 3.77. The third-order valence-electron chi connectivity index (χ3n) is 6.29. The number of Topliss-reactive ketones (excluding diaryl/α,β-unsaturated/α-hetero) is 1. The number of carbonyl (C=O) groups is 3. The summed E-state index contributed by atoms with van der Waals surface area (Å²) in [6.45, 7) is 0.0553. The number of amides is 1. The SMILES string of the molecule is COC(=O)Cc1ccc(N2C(=O)C(=O)/C(=C(\O)c3ccc4c(c3)OCO4)C2c2cccc(OC)c2)cc1. The first-order valence-electron chi connectivity index (χ1n) is 11.4. The van der Waals surface area contributed by atoms with Gasteiger partial charge in [0.1, 0.15) is 11.5 Å².